The van der Waals surface area contributed by atoms with Gasteiger partial charge in [0.25, 0.3) is 0 Å². The maximum Gasteiger partial charge on any atom is 0.305 e. The Morgan fingerprint density at radius 1 is 1.32 bits per heavy atom. The van der Waals surface area contributed by atoms with Crippen LogP contribution < -0.4 is 5.32 Å². The van der Waals surface area contributed by atoms with Crippen LogP contribution in [-0.4, -0.2) is 27.8 Å². The summed E-state index contributed by atoms with van der Waals surface area (Å²) in [5.41, 5.74) is 1.11. The predicted octanol–water partition coefficient (Wildman–Crippen LogP) is 2.67. The summed E-state index contributed by atoms with van der Waals surface area (Å²) in [6.07, 6.45) is 0.752. The second-order valence-electron chi connectivity index (χ2n) is 3.87. The predicted molar refractivity (Wildman–Crippen MR) is 74.9 cm³/mol. The van der Waals surface area contributed by atoms with Crippen molar-refractivity contribution in [1.29, 1.82) is 0 Å². The van der Waals surface area contributed by atoms with Gasteiger partial charge < -0.3 is 10.4 Å². The quantitative estimate of drug-likeness (QED) is 0.857. The molecule has 1 aromatic carbocycles. The van der Waals surface area contributed by atoms with E-state index in [9.17, 15) is 4.79 Å². The fourth-order valence-electron chi connectivity index (χ4n) is 1.45. The average molecular weight is 298 g/mol. The van der Waals surface area contributed by atoms with Gasteiger partial charge in [0.05, 0.1) is 6.42 Å². The van der Waals surface area contributed by atoms with E-state index in [0.717, 1.165) is 10.6 Å². The standard InChI is InChI=1S/C12H12ClN3O2S/c13-9-3-1-8(2-4-9)7-10-15-16-12(19-10)14-6-5-11(17)18/h1-4H,5-7H2,(H,14,16)(H,17,18). The Hall–Kier alpha value is -1.66. The van der Waals surface area contributed by atoms with Crippen LogP contribution in [0.1, 0.15) is 17.0 Å². The lowest BCUT2D eigenvalue weighted by Crippen LogP contribution is -2.07. The van der Waals surface area contributed by atoms with Gasteiger partial charge in [-0.1, -0.05) is 35.1 Å². The Labute approximate surface area is 119 Å². The van der Waals surface area contributed by atoms with E-state index in [1.807, 2.05) is 24.3 Å². The zero-order valence-corrected chi connectivity index (χ0v) is 11.5. The SMILES string of the molecule is O=C(O)CCNc1nnc(Cc2ccc(Cl)cc2)s1. The zero-order chi connectivity index (χ0) is 13.7. The van der Waals surface area contributed by atoms with Gasteiger partial charge in [0, 0.05) is 18.0 Å². The van der Waals surface area contributed by atoms with Gasteiger partial charge in [-0.3, -0.25) is 4.79 Å². The van der Waals surface area contributed by atoms with Crippen LogP contribution in [0.3, 0.4) is 0 Å². The van der Waals surface area contributed by atoms with Crippen LogP contribution >= 0.6 is 22.9 Å². The van der Waals surface area contributed by atoms with Crippen molar-refractivity contribution in [2.24, 2.45) is 0 Å². The second-order valence-corrected chi connectivity index (χ2v) is 5.37. The van der Waals surface area contributed by atoms with Gasteiger partial charge in [-0.05, 0) is 17.7 Å². The minimum absolute atomic E-state index is 0.0616. The second kappa shape index (κ2) is 6.49. The van der Waals surface area contributed by atoms with E-state index in [1.54, 1.807) is 0 Å². The number of carboxylic acid groups (broad SMARTS) is 1. The Balaban J connectivity index is 1.90. The molecule has 0 bridgehead atoms. The summed E-state index contributed by atoms with van der Waals surface area (Å²) in [7, 11) is 0. The maximum absolute atomic E-state index is 10.4. The monoisotopic (exact) mass is 297 g/mol. The zero-order valence-electron chi connectivity index (χ0n) is 9.97. The molecular formula is C12H12ClN3O2S. The van der Waals surface area contributed by atoms with Crippen molar-refractivity contribution >= 4 is 34.0 Å². The lowest BCUT2D eigenvalue weighted by molar-refractivity contribution is -0.136. The van der Waals surface area contributed by atoms with E-state index >= 15 is 0 Å². The molecule has 0 radical (unpaired) electrons. The number of nitrogens with zero attached hydrogens (tertiary/aromatic N) is 2. The van der Waals surface area contributed by atoms with Crippen molar-refractivity contribution in [3.8, 4) is 0 Å². The number of anilines is 1. The first-order valence-corrected chi connectivity index (χ1v) is 6.85. The number of hydrogen-bond acceptors (Lipinski definition) is 5. The van der Waals surface area contributed by atoms with Crippen LogP contribution in [-0.2, 0) is 11.2 Å². The highest BCUT2D eigenvalue weighted by atomic mass is 35.5. The van der Waals surface area contributed by atoms with Crippen molar-refractivity contribution < 1.29 is 9.90 Å². The molecule has 1 aromatic heterocycles. The third-order valence-corrected chi connectivity index (χ3v) is 3.48. The van der Waals surface area contributed by atoms with Crippen LogP contribution in [0, 0.1) is 0 Å². The molecule has 0 unspecified atom stereocenters. The number of aromatic nitrogens is 2. The summed E-state index contributed by atoms with van der Waals surface area (Å²) < 4.78 is 0. The Morgan fingerprint density at radius 3 is 2.74 bits per heavy atom. The molecule has 0 aliphatic heterocycles. The number of rotatable bonds is 6. The smallest absolute Gasteiger partial charge is 0.305 e. The normalized spacial score (nSPS) is 10.4. The maximum atomic E-state index is 10.4. The van der Waals surface area contributed by atoms with E-state index in [-0.39, 0.29) is 6.42 Å². The summed E-state index contributed by atoms with van der Waals surface area (Å²) >= 11 is 7.24. The first kappa shape index (κ1) is 13.8. The summed E-state index contributed by atoms with van der Waals surface area (Å²) in [4.78, 5) is 10.4. The lowest BCUT2D eigenvalue weighted by Gasteiger charge is -1.98. The Morgan fingerprint density at radius 2 is 2.05 bits per heavy atom. The summed E-state index contributed by atoms with van der Waals surface area (Å²) in [6, 6.07) is 7.57. The van der Waals surface area contributed by atoms with Crippen LogP contribution in [0.15, 0.2) is 24.3 Å². The van der Waals surface area contributed by atoms with Gasteiger partial charge in [-0.15, -0.1) is 10.2 Å². The largest absolute Gasteiger partial charge is 0.481 e. The van der Waals surface area contributed by atoms with Crippen LogP contribution in [0.2, 0.25) is 5.02 Å². The summed E-state index contributed by atoms with van der Waals surface area (Å²) in [5, 5.41) is 21.7. The minimum atomic E-state index is -0.835. The highest BCUT2D eigenvalue weighted by molar-refractivity contribution is 7.15. The Kier molecular flexibility index (Phi) is 4.70. The average Bonchev–Trinajstić information content (AvgIpc) is 2.79. The third-order valence-electron chi connectivity index (χ3n) is 2.35. The molecule has 2 N–H and O–H groups in total. The molecule has 2 aromatic rings. The highest BCUT2D eigenvalue weighted by Crippen LogP contribution is 2.19. The number of hydrogen-bond donors (Lipinski definition) is 2. The van der Waals surface area contributed by atoms with Gasteiger partial charge in [0.1, 0.15) is 5.01 Å². The fraction of sp³-hybridized carbons (Fsp3) is 0.250. The van der Waals surface area contributed by atoms with E-state index in [2.05, 4.69) is 15.5 Å². The molecule has 7 heteroatoms. The minimum Gasteiger partial charge on any atom is -0.481 e. The highest BCUT2D eigenvalue weighted by Gasteiger charge is 2.05. The summed E-state index contributed by atoms with van der Waals surface area (Å²) in [6.45, 7) is 0.352. The van der Waals surface area contributed by atoms with Gasteiger partial charge in [0.2, 0.25) is 5.13 Å². The van der Waals surface area contributed by atoms with Gasteiger partial charge >= 0.3 is 5.97 Å². The third kappa shape index (κ3) is 4.50. The van der Waals surface area contributed by atoms with Crippen molar-refractivity contribution in [3.63, 3.8) is 0 Å². The van der Waals surface area contributed by atoms with Crippen molar-refractivity contribution in [1.82, 2.24) is 10.2 Å². The molecular weight excluding hydrogens is 286 g/mol. The van der Waals surface area contributed by atoms with Crippen molar-refractivity contribution in [2.75, 3.05) is 11.9 Å². The Bertz CT molecular complexity index is 556. The molecule has 0 amide bonds. The van der Waals surface area contributed by atoms with Gasteiger partial charge in [-0.25, -0.2) is 0 Å². The van der Waals surface area contributed by atoms with Gasteiger partial charge in [0.15, 0.2) is 0 Å². The molecule has 0 aliphatic carbocycles. The van der Waals surface area contributed by atoms with Crippen molar-refractivity contribution in [3.05, 3.63) is 39.9 Å². The van der Waals surface area contributed by atoms with E-state index in [1.165, 1.54) is 11.3 Å². The number of carbonyl (C=O) groups is 1. The molecule has 0 spiro atoms. The summed E-state index contributed by atoms with van der Waals surface area (Å²) in [5.74, 6) is -0.835. The van der Waals surface area contributed by atoms with Crippen molar-refractivity contribution in [2.45, 2.75) is 12.8 Å². The van der Waals surface area contributed by atoms with Crippen LogP contribution in [0.5, 0.6) is 0 Å². The molecule has 0 atom stereocenters. The number of carboxylic acids is 1. The topological polar surface area (TPSA) is 75.1 Å². The van der Waals surface area contributed by atoms with E-state index in [0.29, 0.717) is 23.1 Å². The molecule has 19 heavy (non-hydrogen) atoms. The van der Waals surface area contributed by atoms with Crippen LogP contribution in [0.25, 0.3) is 0 Å². The molecule has 5 nitrogen and oxygen atoms in total. The molecule has 1 heterocycles. The number of halogens is 1. The van der Waals surface area contributed by atoms with E-state index in [4.69, 9.17) is 16.7 Å². The molecule has 100 valence electrons. The molecule has 0 saturated carbocycles. The molecule has 0 aliphatic rings. The van der Waals surface area contributed by atoms with Gasteiger partial charge in [-0.2, -0.15) is 0 Å². The number of benzene rings is 1. The lowest BCUT2D eigenvalue weighted by atomic mass is 10.2. The van der Waals surface area contributed by atoms with E-state index < -0.39 is 5.97 Å². The number of aliphatic carboxylic acids is 1. The first-order valence-electron chi connectivity index (χ1n) is 5.66. The van der Waals surface area contributed by atoms with Crippen LogP contribution in [0.4, 0.5) is 5.13 Å². The molecule has 0 saturated heterocycles. The molecule has 0 fully saturated rings. The fourth-order valence-corrected chi connectivity index (χ4v) is 2.38. The number of nitrogens with one attached hydrogen (secondary N) is 1. The first-order chi connectivity index (χ1) is 9.13. The molecule has 2 rings (SSSR count).